The van der Waals surface area contributed by atoms with Crippen LogP contribution in [0, 0.1) is 54.7 Å². The number of rotatable bonds is 4. The molecule has 6 nitrogen and oxygen atoms in total. The van der Waals surface area contributed by atoms with Crippen molar-refractivity contribution >= 4 is 130 Å². The van der Waals surface area contributed by atoms with Gasteiger partial charge >= 0.3 is 111 Å². The molecule has 0 bridgehead atoms. The number of carbonyl (C=O) groups is 1. The molecule has 0 spiro atoms. The Labute approximate surface area is 453 Å². The van der Waals surface area contributed by atoms with E-state index in [9.17, 15) is 10.1 Å². The van der Waals surface area contributed by atoms with Crippen LogP contribution in [-0.2, 0) is 6.42 Å². The molecule has 0 radical (unpaired) electrons. The van der Waals surface area contributed by atoms with Crippen LogP contribution in [0.2, 0.25) is 0 Å². The molecule has 0 aliphatic rings. The molecule has 4 aromatic carbocycles. The molecule has 0 amide bonds. The largest absolute Gasteiger partial charge is 0.298 e. The van der Waals surface area contributed by atoms with Gasteiger partial charge in [0.1, 0.15) is 6.29 Å². The fourth-order valence-corrected chi connectivity index (χ4v) is 6.35. The standard InChI is InChI=1S/C15H9Br2N.C14H8IN2.C8H6BrN.C7H5BrO.C7H5N.2HI/c16-14-5-1-11(2-6-14)9-13(10-18)12-3-7-15(17)8-4-12;1(13-3-9-16-10-4-13)7-15-8-2-14-5-11-17-12-6-14;9-8-3-1-7(2-4-8)5-6-10;8-7-3-1-6(5-9)2-4-7;1-2-7-3-5-8-6-4-7;;/h1-9H;3-6,9-12H;1-4H,5H2;1-5H;1,3-6H;2*1H/q;-1;;;;;/b13-9+;;;;;;. The van der Waals surface area contributed by atoms with Gasteiger partial charge in [0.05, 0.1) is 24.1 Å². The Morgan fingerprint density at radius 3 is 1.28 bits per heavy atom. The third-order valence-electron chi connectivity index (χ3n) is 7.34. The molecule has 320 valence electrons. The summed E-state index contributed by atoms with van der Waals surface area (Å²) >= 11 is 13.0. The van der Waals surface area contributed by atoms with Crippen LogP contribution in [-0.4, -0.2) is 21.2 Å². The van der Waals surface area contributed by atoms with Crippen LogP contribution in [0.4, 0.5) is 0 Å². The topological polar surface area (TPSA) is 103 Å². The van der Waals surface area contributed by atoms with Crippen molar-refractivity contribution in [3.05, 3.63) is 227 Å². The van der Waals surface area contributed by atoms with Crippen LogP contribution in [0.25, 0.3) is 11.6 Å². The molecule has 0 saturated carbocycles. The molecule has 7 rings (SSSR count). The van der Waals surface area contributed by atoms with Crippen molar-refractivity contribution in [1.29, 1.82) is 10.5 Å². The van der Waals surface area contributed by atoms with Gasteiger partial charge in [-0.25, -0.2) is 0 Å². The zero-order valence-electron chi connectivity index (χ0n) is 33.5. The van der Waals surface area contributed by atoms with E-state index >= 15 is 0 Å². The molecule has 0 fully saturated rings. The van der Waals surface area contributed by atoms with Gasteiger partial charge < -0.3 is 0 Å². The van der Waals surface area contributed by atoms with Gasteiger partial charge in [0.25, 0.3) is 0 Å². The molecule has 13 heteroatoms. The van der Waals surface area contributed by atoms with Gasteiger partial charge in [0.15, 0.2) is 0 Å². The fraction of sp³-hybridized carbons (Fsp3) is 0.0196. The molecule has 64 heavy (non-hydrogen) atoms. The Hall–Kier alpha value is -4.49. The molecule has 0 N–H and O–H groups in total. The zero-order valence-corrected chi connectivity index (χ0v) is 46.6. The van der Waals surface area contributed by atoms with Crippen molar-refractivity contribution in [1.82, 2.24) is 15.0 Å². The smallest absolute Gasteiger partial charge is 0.150 e. The fourth-order valence-electron chi connectivity index (χ4n) is 4.27. The van der Waals surface area contributed by atoms with Gasteiger partial charge in [0, 0.05) is 41.4 Å². The van der Waals surface area contributed by atoms with Crippen molar-refractivity contribution in [2.24, 2.45) is 0 Å². The Bertz CT molecular complexity index is 2650. The second kappa shape index (κ2) is 35.8. The monoisotopic (exact) mass is 1430 g/mol. The second-order valence-corrected chi connectivity index (χ2v) is 17.0. The molecule has 0 unspecified atom stereocenters. The summed E-state index contributed by atoms with van der Waals surface area (Å²) in [5, 5.41) is 17.6. The predicted octanol–water partition coefficient (Wildman–Crippen LogP) is 11.2. The van der Waals surface area contributed by atoms with Crippen molar-refractivity contribution in [2.45, 2.75) is 6.42 Å². The SMILES string of the molecule is C#Cc1ccncc1.C(#Cc1ccncc1)[I-]C#Cc1ccncc1.I.I.N#C/C(=C\c1ccc(Br)cc1)c1ccc(Br)cc1.N#CCc1ccc(Br)cc1.O=Cc1ccc(Br)cc1. The number of aromatic nitrogens is 3. The summed E-state index contributed by atoms with van der Waals surface area (Å²) in [4.78, 5) is 21.8. The van der Waals surface area contributed by atoms with Crippen LogP contribution < -0.4 is 21.2 Å². The average molecular weight is 1430 g/mol. The van der Waals surface area contributed by atoms with E-state index < -0.39 is 0 Å². The maximum atomic E-state index is 10.1. The molecular formula is C51H35Br4I3N5O-. The molecule has 0 aliphatic carbocycles. The van der Waals surface area contributed by atoms with Crippen LogP contribution in [0.5, 0.6) is 0 Å². The molecule has 3 aromatic heterocycles. The predicted molar refractivity (Wildman–Crippen MR) is 290 cm³/mol. The number of hydrogen-bond acceptors (Lipinski definition) is 6. The number of carbonyl (C=O) groups excluding carboxylic acids is 1. The van der Waals surface area contributed by atoms with Crippen LogP contribution in [0.15, 0.2) is 189 Å². The number of hydrogen-bond donors (Lipinski definition) is 0. The van der Waals surface area contributed by atoms with Gasteiger partial charge in [-0.15, -0.1) is 54.4 Å². The number of nitriles is 2. The Morgan fingerprint density at radius 2 is 0.922 bits per heavy atom. The molecule has 3 heterocycles. The minimum Gasteiger partial charge on any atom is -0.298 e. The number of nitrogens with zero attached hydrogens (tertiary/aromatic N) is 5. The summed E-state index contributed by atoms with van der Waals surface area (Å²) in [5.74, 6) is 8.64. The summed E-state index contributed by atoms with van der Waals surface area (Å²) in [6, 6.07) is 46.0. The van der Waals surface area contributed by atoms with Crippen LogP contribution in [0.3, 0.4) is 0 Å². The maximum Gasteiger partial charge on any atom is 0.150 e. The molecular weight excluding hydrogens is 1400 g/mol. The van der Waals surface area contributed by atoms with E-state index in [0.29, 0.717) is 17.6 Å². The first-order valence-corrected chi connectivity index (χ1v) is 23.3. The van der Waals surface area contributed by atoms with E-state index in [4.69, 9.17) is 11.7 Å². The first-order chi connectivity index (χ1) is 30.2. The Balaban J connectivity index is 0.000000412. The quantitative estimate of drug-likeness (QED) is 0.0572. The van der Waals surface area contributed by atoms with Crippen molar-refractivity contribution < 1.29 is 26.0 Å². The summed E-state index contributed by atoms with van der Waals surface area (Å²) in [6.45, 7) is 0. The summed E-state index contributed by atoms with van der Waals surface area (Å²) in [5.41, 5.74) is 7.21. The number of terminal acetylenes is 1. The van der Waals surface area contributed by atoms with E-state index in [2.05, 4.69) is 116 Å². The number of halogens is 7. The summed E-state index contributed by atoms with van der Waals surface area (Å²) < 4.78 is 10.3. The zero-order chi connectivity index (χ0) is 44.6. The van der Waals surface area contributed by atoms with Gasteiger partial charge in [-0.1, -0.05) is 118 Å². The van der Waals surface area contributed by atoms with Crippen molar-refractivity contribution in [2.75, 3.05) is 0 Å². The van der Waals surface area contributed by atoms with E-state index in [1.807, 2.05) is 115 Å². The normalized spacial score (nSPS) is 9.05. The summed E-state index contributed by atoms with van der Waals surface area (Å²) in [6.07, 6.45) is 18.6. The van der Waals surface area contributed by atoms with Gasteiger partial charge in [-0.3, -0.25) is 9.78 Å². The number of aldehydes is 1. The molecule has 0 atom stereocenters. The third-order valence-corrected chi connectivity index (χ3v) is 10.5. The molecule has 0 saturated heterocycles. The minimum absolute atomic E-state index is 0. The average Bonchev–Trinajstić information content (AvgIpc) is 3.32. The minimum atomic E-state index is -0.390. The first kappa shape index (κ1) is 57.5. The van der Waals surface area contributed by atoms with Crippen LogP contribution in [0.1, 0.15) is 43.7 Å². The van der Waals surface area contributed by atoms with Gasteiger partial charge in [-0.05, 0) is 83.4 Å². The number of pyridine rings is 3. The Kier molecular flexibility index (Phi) is 32.2. The maximum absolute atomic E-state index is 10.1. The van der Waals surface area contributed by atoms with Crippen molar-refractivity contribution in [3.8, 4) is 44.2 Å². The second-order valence-electron chi connectivity index (χ2n) is 11.7. The molecule has 0 aliphatic heterocycles. The number of benzene rings is 4. The Morgan fingerprint density at radius 1 is 0.547 bits per heavy atom. The van der Waals surface area contributed by atoms with Gasteiger partial charge in [0.2, 0.25) is 0 Å². The molecule has 7 aromatic rings. The third kappa shape index (κ3) is 25.7. The van der Waals surface area contributed by atoms with Gasteiger partial charge in [-0.2, -0.15) is 10.5 Å². The van der Waals surface area contributed by atoms with Crippen LogP contribution >= 0.6 is 112 Å². The van der Waals surface area contributed by atoms with E-state index in [0.717, 1.165) is 57.6 Å². The van der Waals surface area contributed by atoms with Crippen molar-refractivity contribution in [3.63, 3.8) is 0 Å². The first-order valence-electron chi connectivity index (χ1n) is 18.0. The summed E-state index contributed by atoms with van der Waals surface area (Å²) in [7, 11) is 0. The van der Waals surface area contributed by atoms with E-state index in [-0.39, 0.29) is 69.2 Å². The van der Waals surface area contributed by atoms with E-state index in [1.165, 1.54) is 0 Å². The number of allylic oxidation sites excluding steroid dienone is 1. The van der Waals surface area contributed by atoms with E-state index in [1.54, 1.807) is 61.4 Å².